The summed E-state index contributed by atoms with van der Waals surface area (Å²) in [7, 11) is 1.35. The second-order valence-electron chi connectivity index (χ2n) is 6.47. The van der Waals surface area contributed by atoms with Crippen LogP contribution in [0.1, 0.15) is 20.7 Å². The minimum atomic E-state index is -2.53. The standard InChI is InChI=1S/C19H19F2N3O5S/c1-29-17-11-13(3-5-16(17)22-30(27)28)19(26)24-8-6-23(7-9-24)18(25)12-2-4-14(20)15(21)10-12/h2-5,10-11,22H,6-9H2,1H3,(H,27,28)/p-1. The number of hydrogen-bond donors (Lipinski definition) is 1. The molecule has 1 saturated heterocycles. The molecule has 1 fully saturated rings. The summed E-state index contributed by atoms with van der Waals surface area (Å²) in [6.45, 7) is 0.966. The van der Waals surface area contributed by atoms with Crippen LogP contribution in [-0.2, 0) is 11.3 Å². The Kier molecular flexibility index (Phi) is 6.63. The molecule has 30 heavy (non-hydrogen) atoms. The van der Waals surface area contributed by atoms with Crippen molar-refractivity contribution < 1.29 is 31.9 Å². The summed E-state index contributed by atoms with van der Waals surface area (Å²) in [5.41, 5.74) is 0.538. The van der Waals surface area contributed by atoms with Crippen LogP contribution in [0, 0.1) is 11.6 Å². The summed E-state index contributed by atoms with van der Waals surface area (Å²) in [5, 5.41) is 0. The number of ether oxygens (including phenoxy) is 1. The first-order valence-corrected chi connectivity index (χ1v) is 9.95. The number of benzene rings is 2. The van der Waals surface area contributed by atoms with Gasteiger partial charge < -0.3 is 23.8 Å². The third-order valence-electron chi connectivity index (χ3n) is 4.66. The monoisotopic (exact) mass is 438 g/mol. The van der Waals surface area contributed by atoms with Crippen LogP contribution >= 0.6 is 0 Å². The molecule has 0 aromatic heterocycles. The topological polar surface area (TPSA) is 102 Å². The Hall–Kier alpha value is -3.05. The molecule has 0 saturated carbocycles. The predicted molar refractivity (Wildman–Crippen MR) is 104 cm³/mol. The molecule has 1 aliphatic rings. The molecule has 160 valence electrons. The van der Waals surface area contributed by atoms with E-state index in [1.807, 2.05) is 0 Å². The van der Waals surface area contributed by atoms with Crippen molar-refractivity contribution >= 4 is 28.8 Å². The molecule has 2 aromatic carbocycles. The highest BCUT2D eigenvalue weighted by Gasteiger charge is 2.26. The molecule has 1 heterocycles. The fourth-order valence-corrected chi connectivity index (χ4v) is 3.45. The fraction of sp³-hybridized carbons (Fsp3) is 0.263. The first-order chi connectivity index (χ1) is 14.3. The molecule has 1 atom stereocenters. The molecule has 2 aromatic rings. The molecule has 0 spiro atoms. The Morgan fingerprint density at radius 3 is 2.00 bits per heavy atom. The molecular formula is C19H18F2N3O5S-. The molecule has 0 radical (unpaired) electrons. The van der Waals surface area contributed by atoms with Crippen LogP contribution in [0.15, 0.2) is 36.4 Å². The van der Waals surface area contributed by atoms with E-state index in [0.717, 1.165) is 12.1 Å². The van der Waals surface area contributed by atoms with Gasteiger partial charge in [-0.2, -0.15) is 0 Å². The molecule has 1 aliphatic heterocycles. The van der Waals surface area contributed by atoms with E-state index >= 15 is 0 Å². The van der Waals surface area contributed by atoms with Crippen LogP contribution in [0.5, 0.6) is 5.75 Å². The van der Waals surface area contributed by atoms with Gasteiger partial charge in [-0.1, -0.05) is 0 Å². The number of carbonyl (C=O) groups is 2. The number of nitrogens with one attached hydrogen (secondary N) is 1. The van der Waals surface area contributed by atoms with Crippen LogP contribution in [0.25, 0.3) is 0 Å². The van der Waals surface area contributed by atoms with Gasteiger partial charge in [-0.3, -0.25) is 13.8 Å². The summed E-state index contributed by atoms with van der Waals surface area (Å²) in [6, 6.07) is 7.29. The molecule has 1 unspecified atom stereocenters. The van der Waals surface area contributed by atoms with Gasteiger partial charge in [0.1, 0.15) is 5.75 Å². The van der Waals surface area contributed by atoms with E-state index < -0.39 is 28.8 Å². The molecule has 0 aliphatic carbocycles. The number of methoxy groups -OCH3 is 1. The van der Waals surface area contributed by atoms with Crippen LogP contribution in [0.3, 0.4) is 0 Å². The smallest absolute Gasteiger partial charge is 0.254 e. The highest BCUT2D eigenvalue weighted by atomic mass is 32.2. The van der Waals surface area contributed by atoms with Crippen molar-refractivity contribution in [2.75, 3.05) is 38.0 Å². The Morgan fingerprint density at radius 2 is 1.50 bits per heavy atom. The molecule has 11 heteroatoms. The van der Waals surface area contributed by atoms with Crippen molar-refractivity contribution in [3.05, 3.63) is 59.2 Å². The van der Waals surface area contributed by atoms with Gasteiger partial charge in [0, 0.05) is 48.6 Å². The van der Waals surface area contributed by atoms with Gasteiger partial charge in [-0.05, 0) is 36.4 Å². The van der Waals surface area contributed by atoms with Gasteiger partial charge in [0.05, 0.1) is 12.8 Å². The molecule has 2 amide bonds. The quantitative estimate of drug-likeness (QED) is 0.717. The summed E-state index contributed by atoms with van der Waals surface area (Å²) in [4.78, 5) is 28.3. The number of nitrogens with zero attached hydrogens (tertiary/aromatic N) is 2. The second kappa shape index (κ2) is 9.18. The first-order valence-electron chi connectivity index (χ1n) is 8.87. The zero-order chi connectivity index (χ0) is 21.8. The maximum absolute atomic E-state index is 13.4. The lowest BCUT2D eigenvalue weighted by molar-refractivity contribution is 0.0535. The van der Waals surface area contributed by atoms with Gasteiger partial charge in [-0.15, -0.1) is 0 Å². The zero-order valence-corrected chi connectivity index (χ0v) is 16.7. The Morgan fingerprint density at radius 1 is 0.967 bits per heavy atom. The predicted octanol–water partition coefficient (Wildman–Crippen LogP) is 1.78. The highest BCUT2D eigenvalue weighted by molar-refractivity contribution is 7.80. The Labute approximate surface area is 173 Å². The lowest BCUT2D eigenvalue weighted by Crippen LogP contribution is -2.50. The first kappa shape index (κ1) is 21.7. The Balaban J connectivity index is 1.65. The third kappa shape index (κ3) is 4.74. The number of carbonyl (C=O) groups excluding carboxylic acids is 2. The minimum Gasteiger partial charge on any atom is -0.755 e. The fourth-order valence-electron chi connectivity index (χ4n) is 3.11. The number of amides is 2. The highest BCUT2D eigenvalue weighted by Crippen LogP contribution is 2.26. The van der Waals surface area contributed by atoms with Crippen LogP contribution in [0.2, 0.25) is 0 Å². The van der Waals surface area contributed by atoms with Crippen molar-refractivity contribution in [1.29, 1.82) is 0 Å². The average molecular weight is 438 g/mol. The van der Waals surface area contributed by atoms with Crippen molar-refractivity contribution in [3.8, 4) is 5.75 Å². The van der Waals surface area contributed by atoms with E-state index in [2.05, 4.69) is 4.72 Å². The van der Waals surface area contributed by atoms with Crippen LogP contribution < -0.4 is 9.46 Å². The van der Waals surface area contributed by atoms with E-state index in [9.17, 15) is 27.1 Å². The van der Waals surface area contributed by atoms with Crippen molar-refractivity contribution in [2.45, 2.75) is 0 Å². The molecule has 3 rings (SSSR count). The number of hydrogen-bond acceptors (Lipinski definition) is 5. The average Bonchev–Trinajstić information content (AvgIpc) is 2.74. The van der Waals surface area contributed by atoms with Crippen molar-refractivity contribution in [3.63, 3.8) is 0 Å². The van der Waals surface area contributed by atoms with Crippen molar-refractivity contribution in [2.24, 2.45) is 0 Å². The number of anilines is 1. The largest absolute Gasteiger partial charge is 0.755 e. The van der Waals surface area contributed by atoms with Crippen LogP contribution in [0.4, 0.5) is 14.5 Å². The van der Waals surface area contributed by atoms with Gasteiger partial charge >= 0.3 is 0 Å². The normalized spacial score (nSPS) is 14.9. The number of halogens is 2. The molecule has 1 N–H and O–H groups in total. The maximum Gasteiger partial charge on any atom is 0.254 e. The summed E-state index contributed by atoms with van der Waals surface area (Å²) < 4.78 is 55.4. The molecule has 8 nitrogen and oxygen atoms in total. The summed E-state index contributed by atoms with van der Waals surface area (Å²) >= 11 is -2.53. The number of piperazine rings is 1. The van der Waals surface area contributed by atoms with Gasteiger partial charge in [-0.25, -0.2) is 8.78 Å². The Bertz CT molecular complexity index is 996. The summed E-state index contributed by atoms with van der Waals surface area (Å²) in [5.74, 6) is -2.67. The van der Waals surface area contributed by atoms with Gasteiger partial charge in [0.15, 0.2) is 11.6 Å². The van der Waals surface area contributed by atoms with Gasteiger partial charge in [0.25, 0.3) is 11.8 Å². The SMILES string of the molecule is COc1cc(C(=O)N2CCN(C(=O)c3ccc(F)c(F)c3)CC2)ccc1NS(=O)[O-]. The van der Waals surface area contributed by atoms with E-state index in [0.29, 0.717) is 5.56 Å². The van der Waals surface area contributed by atoms with Crippen LogP contribution in [-0.4, -0.2) is 63.7 Å². The summed E-state index contributed by atoms with van der Waals surface area (Å²) in [6.07, 6.45) is 0. The third-order valence-corrected chi connectivity index (χ3v) is 5.05. The van der Waals surface area contributed by atoms with E-state index in [1.54, 1.807) is 4.90 Å². The lowest BCUT2D eigenvalue weighted by Gasteiger charge is -2.35. The van der Waals surface area contributed by atoms with E-state index in [1.165, 1.54) is 36.3 Å². The number of rotatable bonds is 5. The second-order valence-corrected chi connectivity index (χ2v) is 7.14. The maximum atomic E-state index is 13.4. The zero-order valence-electron chi connectivity index (χ0n) is 15.9. The van der Waals surface area contributed by atoms with Gasteiger partial charge in [0.2, 0.25) is 0 Å². The van der Waals surface area contributed by atoms with Crippen molar-refractivity contribution in [1.82, 2.24) is 9.80 Å². The molecule has 0 bridgehead atoms. The molecular weight excluding hydrogens is 420 g/mol. The van der Waals surface area contributed by atoms with E-state index in [4.69, 9.17) is 4.74 Å². The lowest BCUT2D eigenvalue weighted by atomic mass is 10.1. The minimum absolute atomic E-state index is 0.0391. The van der Waals surface area contributed by atoms with E-state index in [-0.39, 0.29) is 49.1 Å².